The number of methoxy groups -OCH3 is 1. The summed E-state index contributed by atoms with van der Waals surface area (Å²) in [5, 5.41) is 2.83. The van der Waals surface area contributed by atoms with E-state index in [1.165, 1.54) is 5.56 Å². The molecule has 0 spiro atoms. The SMILES string of the molecule is COc1cccc(CN2CCN(c3ccc(NC(=O)C=C(C)C)cn3)CC2)c1. The van der Waals surface area contributed by atoms with Crippen molar-refractivity contribution in [2.24, 2.45) is 0 Å². The molecule has 148 valence electrons. The fourth-order valence-electron chi connectivity index (χ4n) is 3.25. The lowest BCUT2D eigenvalue weighted by atomic mass is 10.2. The number of piperazine rings is 1. The normalized spacial score (nSPS) is 14.5. The fourth-order valence-corrected chi connectivity index (χ4v) is 3.25. The smallest absolute Gasteiger partial charge is 0.248 e. The maximum atomic E-state index is 11.8. The molecule has 0 aliphatic carbocycles. The van der Waals surface area contributed by atoms with Gasteiger partial charge in [0.1, 0.15) is 11.6 Å². The van der Waals surface area contributed by atoms with Crippen LogP contribution in [0.1, 0.15) is 19.4 Å². The van der Waals surface area contributed by atoms with E-state index in [1.807, 2.05) is 38.1 Å². The molecule has 0 unspecified atom stereocenters. The van der Waals surface area contributed by atoms with Gasteiger partial charge in [0.05, 0.1) is 19.0 Å². The molecule has 6 heteroatoms. The molecule has 6 nitrogen and oxygen atoms in total. The van der Waals surface area contributed by atoms with E-state index in [-0.39, 0.29) is 5.91 Å². The van der Waals surface area contributed by atoms with Gasteiger partial charge in [-0.25, -0.2) is 4.98 Å². The molecule has 0 saturated carbocycles. The molecule has 1 aliphatic rings. The van der Waals surface area contributed by atoms with Gasteiger partial charge in [-0.1, -0.05) is 17.7 Å². The molecule has 1 amide bonds. The molecule has 1 fully saturated rings. The number of anilines is 2. The van der Waals surface area contributed by atoms with E-state index in [1.54, 1.807) is 19.4 Å². The van der Waals surface area contributed by atoms with Crippen LogP contribution in [-0.2, 0) is 11.3 Å². The maximum absolute atomic E-state index is 11.8. The highest BCUT2D eigenvalue weighted by atomic mass is 16.5. The van der Waals surface area contributed by atoms with Crippen molar-refractivity contribution in [2.45, 2.75) is 20.4 Å². The van der Waals surface area contributed by atoms with Crippen molar-refractivity contribution >= 4 is 17.4 Å². The van der Waals surface area contributed by atoms with Gasteiger partial charge in [-0.05, 0) is 43.7 Å². The molecular formula is C22H28N4O2. The Bertz CT molecular complexity index is 821. The van der Waals surface area contributed by atoms with Crippen molar-refractivity contribution in [3.63, 3.8) is 0 Å². The minimum absolute atomic E-state index is 0.124. The van der Waals surface area contributed by atoms with Crippen LogP contribution in [-0.4, -0.2) is 49.1 Å². The Morgan fingerprint density at radius 2 is 1.96 bits per heavy atom. The summed E-state index contributed by atoms with van der Waals surface area (Å²) in [5.41, 5.74) is 2.94. The van der Waals surface area contributed by atoms with E-state index in [0.717, 1.165) is 49.9 Å². The number of hydrogen-bond acceptors (Lipinski definition) is 5. The average molecular weight is 380 g/mol. The minimum atomic E-state index is -0.124. The third-order valence-corrected chi connectivity index (χ3v) is 4.67. The lowest BCUT2D eigenvalue weighted by molar-refractivity contribution is -0.111. The Morgan fingerprint density at radius 3 is 2.61 bits per heavy atom. The Labute approximate surface area is 166 Å². The number of hydrogen-bond donors (Lipinski definition) is 1. The van der Waals surface area contributed by atoms with Crippen molar-refractivity contribution in [1.82, 2.24) is 9.88 Å². The number of nitrogens with one attached hydrogen (secondary N) is 1. The van der Waals surface area contributed by atoms with Crippen molar-refractivity contribution in [3.8, 4) is 5.75 Å². The zero-order chi connectivity index (χ0) is 19.9. The number of amides is 1. The van der Waals surface area contributed by atoms with E-state index in [4.69, 9.17) is 4.74 Å². The number of nitrogens with zero attached hydrogens (tertiary/aromatic N) is 3. The van der Waals surface area contributed by atoms with Gasteiger partial charge in [0, 0.05) is 38.8 Å². The van der Waals surface area contributed by atoms with Crippen molar-refractivity contribution < 1.29 is 9.53 Å². The van der Waals surface area contributed by atoms with E-state index in [2.05, 4.69) is 32.2 Å². The van der Waals surface area contributed by atoms with Gasteiger partial charge in [0.25, 0.3) is 0 Å². The monoisotopic (exact) mass is 380 g/mol. The second-order valence-corrected chi connectivity index (χ2v) is 7.23. The Kier molecular flexibility index (Phi) is 6.66. The molecule has 2 aromatic rings. The van der Waals surface area contributed by atoms with Crippen LogP contribution < -0.4 is 15.0 Å². The number of carbonyl (C=O) groups is 1. The Morgan fingerprint density at radius 1 is 1.18 bits per heavy atom. The van der Waals surface area contributed by atoms with Gasteiger partial charge in [-0.15, -0.1) is 0 Å². The summed E-state index contributed by atoms with van der Waals surface area (Å²) in [4.78, 5) is 21.0. The molecule has 0 atom stereocenters. The summed E-state index contributed by atoms with van der Waals surface area (Å²) in [7, 11) is 1.70. The average Bonchev–Trinajstić information content (AvgIpc) is 2.69. The molecule has 28 heavy (non-hydrogen) atoms. The van der Waals surface area contributed by atoms with E-state index >= 15 is 0 Å². The zero-order valence-electron chi connectivity index (χ0n) is 16.8. The first-order chi connectivity index (χ1) is 13.5. The number of allylic oxidation sites excluding steroid dienone is 1. The standard InChI is InChI=1S/C22H28N4O2/c1-17(2)13-22(27)24-19-7-8-21(23-15-19)26-11-9-25(10-12-26)16-18-5-4-6-20(14-18)28-3/h4-8,13-15H,9-12,16H2,1-3H3,(H,24,27). The first-order valence-electron chi connectivity index (χ1n) is 9.55. The van der Waals surface area contributed by atoms with Crippen molar-refractivity contribution in [2.75, 3.05) is 43.5 Å². The summed E-state index contributed by atoms with van der Waals surface area (Å²) in [6.45, 7) is 8.55. The van der Waals surface area contributed by atoms with Crippen LogP contribution in [0.4, 0.5) is 11.5 Å². The molecule has 1 saturated heterocycles. The van der Waals surface area contributed by atoms with Gasteiger partial charge in [0.15, 0.2) is 0 Å². The van der Waals surface area contributed by atoms with E-state index in [9.17, 15) is 4.79 Å². The molecule has 1 aliphatic heterocycles. The van der Waals surface area contributed by atoms with Crippen LogP contribution in [0.2, 0.25) is 0 Å². The summed E-state index contributed by atoms with van der Waals surface area (Å²) < 4.78 is 5.31. The number of ether oxygens (including phenoxy) is 1. The summed E-state index contributed by atoms with van der Waals surface area (Å²) in [6.07, 6.45) is 3.30. The van der Waals surface area contributed by atoms with Crippen molar-refractivity contribution in [3.05, 3.63) is 59.8 Å². The maximum Gasteiger partial charge on any atom is 0.248 e. The van der Waals surface area contributed by atoms with Crippen LogP contribution in [0.3, 0.4) is 0 Å². The molecule has 2 heterocycles. The van der Waals surface area contributed by atoms with Crippen LogP contribution >= 0.6 is 0 Å². The minimum Gasteiger partial charge on any atom is -0.497 e. The summed E-state index contributed by atoms with van der Waals surface area (Å²) in [6, 6.07) is 12.1. The predicted molar refractivity (Wildman–Crippen MR) is 113 cm³/mol. The third kappa shape index (κ3) is 5.57. The molecule has 1 aromatic heterocycles. The summed E-state index contributed by atoms with van der Waals surface area (Å²) >= 11 is 0. The second-order valence-electron chi connectivity index (χ2n) is 7.23. The first kappa shape index (κ1) is 19.9. The highest BCUT2D eigenvalue weighted by Gasteiger charge is 2.18. The van der Waals surface area contributed by atoms with Gasteiger partial charge in [-0.3, -0.25) is 9.69 Å². The van der Waals surface area contributed by atoms with Crippen LogP contribution in [0.15, 0.2) is 54.2 Å². The molecule has 1 aromatic carbocycles. The lowest BCUT2D eigenvalue weighted by Gasteiger charge is -2.35. The number of carbonyl (C=O) groups excluding carboxylic acids is 1. The van der Waals surface area contributed by atoms with Gasteiger partial charge < -0.3 is 15.0 Å². The van der Waals surface area contributed by atoms with Gasteiger partial charge >= 0.3 is 0 Å². The largest absolute Gasteiger partial charge is 0.497 e. The molecule has 3 rings (SSSR count). The highest BCUT2D eigenvalue weighted by molar-refractivity contribution is 5.99. The topological polar surface area (TPSA) is 57.7 Å². The number of rotatable bonds is 6. The number of aromatic nitrogens is 1. The van der Waals surface area contributed by atoms with Crippen LogP contribution in [0.25, 0.3) is 0 Å². The highest BCUT2D eigenvalue weighted by Crippen LogP contribution is 2.19. The van der Waals surface area contributed by atoms with Crippen LogP contribution in [0.5, 0.6) is 5.75 Å². The molecular weight excluding hydrogens is 352 g/mol. The summed E-state index contributed by atoms with van der Waals surface area (Å²) in [5.74, 6) is 1.72. The van der Waals surface area contributed by atoms with Gasteiger partial charge in [-0.2, -0.15) is 0 Å². The Hall–Kier alpha value is -2.86. The van der Waals surface area contributed by atoms with Gasteiger partial charge in [0.2, 0.25) is 5.91 Å². The fraction of sp³-hybridized carbons (Fsp3) is 0.364. The molecule has 0 bridgehead atoms. The second kappa shape index (κ2) is 9.37. The van der Waals surface area contributed by atoms with E-state index < -0.39 is 0 Å². The third-order valence-electron chi connectivity index (χ3n) is 4.67. The first-order valence-corrected chi connectivity index (χ1v) is 9.55. The quantitative estimate of drug-likeness (QED) is 0.779. The Balaban J connectivity index is 1.51. The van der Waals surface area contributed by atoms with Crippen LogP contribution in [0, 0.1) is 0 Å². The van der Waals surface area contributed by atoms with Crippen molar-refractivity contribution in [1.29, 1.82) is 0 Å². The number of pyridine rings is 1. The predicted octanol–water partition coefficient (Wildman–Crippen LogP) is 3.32. The number of benzene rings is 1. The molecule has 1 N–H and O–H groups in total. The zero-order valence-corrected chi connectivity index (χ0v) is 16.8. The lowest BCUT2D eigenvalue weighted by Crippen LogP contribution is -2.46. The molecule has 0 radical (unpaired) electrons. The van der Waals surface area contributed by atoms with E-state index in [0.29, 0.717) is 5.69 Å².